The molecule has 166 valence electrons. The van der Waals surface area contributed by atoms with Gasteiger partial charge in [-0.05, 0) is 25.8 Å². The van der Waals surface area contributed by atoms with Crippen molar-refractivity contribution < 1.29 is 23.4 Å². The zero-order valence-electron chi connectivity index (χ0n) is 17.5. The van der Waals surface area contributed by atoms with Crippen molar-refractivity contribution in [3.63, 3.8) is 0 Å². The first-order valence-electron chi connectivity index (χ1n) is 10.2. The molecule has 0 radical (unpaired) electrons. The maximum Gasteiger partial charge on any atom is 0.341 e. The van der Waals surface area contributed by atoms with E-state index in [1.807, 2.05) is 11.8 Å². The average molecular weight is 433 g/mol. The van der Waals surface area contributed by atoms with E-state index in [-0.39, 0.29) is 28.8 Å². The Balaban J connectivity index is 1.98. The van der Waals surface area contributed by atoms with E-state index in [0.29, 0.717) is 19.6 Å². The predicted molar refractivity (Wildman–Crippen MR) is 113 cm³/mol. The van der Waals surface area contributed by atoms with E-state index in [9.17, 15) is 19.1 Å². The molecule has 1 aliphatic heterocycles. The summed E-state index contributed by atoms with van der Waals surface area (Å²) in [5, 5.41) is 9.28. The van der Waals surface area contributed by atoms with Crippen LogP contribution in [0.15, 0.2) is 28.2 Å². The molecule has 1 saturated heterocycles. The largest absolute Gasteiger partial charge is 0.492 e. The van der Waals surface area contributed by atoms with Gasteiger partial charge in [0.1, 0.15) is 17.4 Å². The zero-order chi connectivity index (χ0) is 22.4. The van der Waals surface area contributed by atoms with Crippen LogP contribution in [0.5, 0.6) is 5.75 Å². The van der Waals surface area contributed by atoms with Gasteiger partial charge in [-0.15, -0.1) is 0 Å². The Bertz CT molecular complexity index is 1160. The molecule has 0 amide bonds. The van der Waals surface area contributed by atoms with Gasteiger partial charge < -0.3 is 25.0 Å². The third-order valence-corrected chi connectivity index (χ3v) is 6.19. The number of hydrogen-bond acceptors (Lipinski definition) is 5. The number of benzene rings is 1. The molecule has 3 N–H and O–H groups in total. The molecular formula is C22H25F2N3O4. The molecule has 7 nitrogen and oxygen atoms in total. The van der Waals surface area contributed by atoms with Crippen molar-refractivity contribution in [3.8, 4) is 5.75 Å². The van der Waals surface area contributed by atoms with Crippen LogP contribution in [0.3, 0.4) is 0 Å². The van der Waals surface area contributed by atoms with E-state index >= 15 is 4.39 Å². The quantitative estimate of drug-likeness (QED) is 0.704. The number of aromatic nitrogens is 1. The van der Waals surface area contributed by atoms with Crippen molar-refractivity contribution in [1.29, 1.82) is 0 Å². The first-order valence-corrected chi connectivity index (χ1v) is 10.2. The van der Waals surface area contributed by atoms with Crippen LogP contribution >= 0.6 is 0 Å². The summed E-state index contributed by atoms with van der Waals surface area (Å²) < 4.78 is 36.3. The molecule has 0 bridgehead atoms. The van der Waals surface area contributed by atoms with E-state index in [2.05, 4.69) is 0 Å². The van der Waals surface area contributed by atoms with E-state index < -0.39 is 35.0 Å². The maximum atomic E-state index is 15.4. The fourth-order valence-corrected chi connectivity index (χ4v) is 4.34. The second kappa shape index (κ2) is 7.96. The molecule has 9 heteroatoms. The molecule has 31 heavy (non-hydrogen) atoms. The first kappa shape index (κ1) is 21.3. The van der Waals surface area contributed by atoms with Crippen LogP contribution in [0, 0.1) is 5.82 Å². The fraction of sp³-hybridized carbons (Fsp3) is 0.455. The zero-order valence-corrected chi connectivity index (χ0v) is 17.5. The second-order valence-corrected chi connectivity index (χ2v) is 8.15. The summed E-state index contributed by atoms with van der Waals surface area (Å²) in [6.07, 6.45) is 1.84. The summed E-state index contributed by atoms with van der Waals surface area (Å²) in [4.78, 5) is 26.2. The second-order valence-electron chi connectivity index (χ2n) is 8.15. The van der Waals surface area contributed by atoms with Crippen molar-refractivity contribution >= 4 is 22.6 Å². The van der Waals surface area contributed by atoms with Crippen molar-refractivity contribution in [2.24, 2.45) is 5.73 Å². The number of nitrogens with two attached hydrogens (primary N) is 1. The number of carbonyl (C=O) groups is 1. The van der Waals surface area contributed by atoms with Gasteiger partial charge in [0.05, 0.1) is 24.1 Å². The lowest BCUT2D eigenvalue weighted by molar-refractivity contribution is 0.0694. The summed E-state index contributed by atoms with van der Waals surface area (Å²) >= 11 is 0. The van der Waals surface area contributed by atoms with Gasteiger partial charge in [0.2, 0.25) is 5.43 Å². The number of methoxy groups -OCH3 is 1. The van der Waals surface area contributed by atoms with Crippen LogP contribution < -0.4 is 20.8 Å². The molecule has 4 rings (SSSR count). The highest BCUT2D eigenvalue weighted by Crippen LogP contribution is 2.45. The van der Waals surface area contributed by atoms with Crippen LogP contribution in [0.4, 0.5) is 14.5 Å². The smallest absolute Gasteiger partial charge is 0.341 e. The Morgan fingerprint density at radius 3 is 2.71 bits per heavy atom. The monoisotopic (exact) mass is 433 g/mol. The highest BCUT2D eigenvalue weighted by atomic mass is 19.1. The van der Waals surface area contributed by atoms with E-state index in [4.69, 9.17) is 10.5 Å². The van der Waals surface area contributed by atoms with Gasteiger partial charge in [-0.3, -0.25) is 4.79 Å². The number of fused-ring (bicyclic) bond motifs is 1. The normalized spacial score (nSPS) is 22.5. The third kappa shape index (κ3) is 3.56. The van der Waals surface area contributed by atoms with Gasteiger partial charge in [-0.1, -0.05) is 11.1 Å². The summed E-state index contributed by atoms with van der Waals surface area (Å²) in [6, 6.07) is 0.423. The van der Waals surface area contributed by atoms with E-state index in [1.54, 1.807) is 0 Å². The Labute approximate surface area is 177 Å². The fourth-order valence-electron chi connectivity index (χ4n) is 4.34. The number of carboxylic acids is 1. The molecule has 1 aromatic heterocycles. The number of halogens is 2. The number of aromatic carboxylic acids is 1. The predicted octanol–water partition coefficient (Wildman–Crippen LogP) is 3.01. The van der Waals surface area contributed by atoms with Gasteiger partial charge in [-0.2, -0.15) is 0 Å². The SMILES string of the molecule is COc1c(N2CCC/C(=C(\C)CN)C2)c(F)cc2c(=O)c(C(=O)O)cn(C3CC3F)c12. The Hall–Kier alpha value is -2.94. The van der Waals surface area contributed by atoms with Gasteiger partial charge in [0.25, 0.3) is 0 Å². The molecule has 2 fully saturated rings. The Kier molecular flexibility index (Phi) is 5.47. The van der Waals surface area contributed by atoms with Crippen molar-refractivity contribution in [3.05, 3.63) is 45.0 Å². The average Bonchev–Trinajstić information content (AvgIpc) is 3.48. The molecule has 2 aromatic rings. The molecule has 2 heterocycles. The summed E-state index contributed by atoms with van der Waals surface area (Å²) in [5.41, 5.74) is 7.00. The molecular weight excluding hydrogens is 408 g/mol. The lowest BCUT2D eigenvalue weighted by atomic mass is 9.98. The van der Waals surface area contributed by atoms with Crippen LogP contribution in [0.2, 0.25) is 0 Å². The Morgan fingerprint density at radius 2 is 2.13 bits per heavy atom. The molecule has 1 aromatic carbocycles. The lowest BCUT2D eigenvalue weighted by Crippen LogP contribution is -2.33. The number of alkyl halides is 1. The number of nitrogens with zero attached hydrogens (tertiary/aromatic N) is 2. The minimum Gasteiger partial charge on any atom is -0.492 e. The van der Waals surface area contributed by atoms with Crippen molar-refractivity contribution in [1.82, 2.24) is 4.57 Å². The number of pyridine rings is 1. The highest BCUT2D eigenvalue weighted by Gasteiger charge is 2.41. The van der Waals surface area contributed by atoms with Gasteiger partial charge in [0, 0.05) is 32.3 Å². The highest BCUT2D eigenvalue weighted by molar-refractivity contribution is 5.97. The van der Waals surface area contributed by atoms with Crippen LogP contribution in [0.1, 0.15) is 42.6 Å². The summed E-state index contributed by atoms with van der Waals surface area (Å²) in [5.74, 6) is -2.02. The minimum atomic E-state index is -1.44. The van der Waals surface area contributed by atoms with Gasteiger partial charge >= 0.3 is 5.97 Å². The summed E-state index contributed by atoms with van der Waals surface area (Å²) in [6.45, 7) is 3.41. The number of ether oxygens (including phenoxy) is 1. The van der Waals surface area contributed by atoms with Crippen LogP contribution in [0.25, 0.3) is 10.9 Å². The van der Waals surface area contributed by atoms with E-state index in [0.717, 1.165) is 36.3 Å². The lowest BCUT2D eigenvalue weighted by Gasteiger charge is -2.33. The van der Waals surface area contributed by atoms with Crippen molar-refractivity contribution in [2.45, 2.75) is 38.4 Å². The number of anilines is 1. The molecule has 2 aliphatic rings. The third-order valence-electron chi connectivity index (χ3n) is 6.19. The number of piperidine rings is 1. The molecule has 1 saturated carbocycles. The van der Waals surface area contributed by atoms with Gasteiger partial charge in [-0.25, -0.2) is 13.6 Å². The summed E-state index contributed by atoms with van der Waals surface area (Å²) in [7, 11) is 1.36. The topological polar surface area (TPSA) is 97.8 Å². The first-order chi connectivity index (χ1) is 14.8. The molecule has 2 atom stereocenters. The number of rotatable bonds is 5. The van der Waals surface area contributed by atoms with Gasteiger partial charge in [0.15, 0.2) is 11.6 Å². The maximum absolute atomic E-state index is 15.4. The number of carboxylic acid groups (broad SMARTS) is 1. The Morgan fingerprint density at radius 1 is 1.42 bits per heavy atom. The standard InChI is InChI=1S/C22H25F2N3O4/c1-11(8-25)12-4-3-5-26(9-12)19-16(24)6-13-18(21(19)31-2)27(17-7-15(17)23)10-14(20(13)28)22(29)30/h6,10,15,17H,3-5,7-9,25H2,1-2H3,(H,29,30)/b12-11-. The van der Waals surface area contributed by atoms with Crippen LogP contribution in [-0.2, 0) is 0 Å². The van der Waals surface area contributed by atoms with Crippen molar-refractivity contribution in [2.75, 3.05) is 31.6 Å². The van der Waals surface area contributed by atoms with E-state index in [1.165, 1.54) is 11.7 Å². The molecule has 1 aliphatic carbocycles. The van der Waals surface area contributed by atoms with Crippen LogP contribution in [-0.4, -0.2) is 48.6 Å². The minimum absolute atomic E-state index is 0.106. The molecule has 0 spiro atoms. The number of hydrogen-bond donors (Lipinski definition) is 2. The molecule has 2 unspecified atom stereocenters.